The Morgan fingerprint density at radius 3 is 2.28 bits per heavy atom. The molecular formula is C25H39N3O. The number of hydrogen-bond donors (Lipinski definition) is 2. The molecule has 0 radical (unpaired) electrons. The van der Waals surface area contributed by atoms with Crippen molar-refractivity contribution in [1.29, 1.82) is 0 Å². The van der Waals surface area contributed by atoms with Crippen molar-refractivity contribution in [2.75, 3.05) is 31.6 Å². The van der Waals surface area contributed by atoms with Crippen LogP contribution < -0.4 is 10.6 Å². The second kappa shape index (κ2) is 13.7. The van der Waals surface area contributed by atoms with Gasteiger partial charge in [-0.05, 0) is 55.8 Å². The fourth-order valence-corrected chi connectivity index (χ4v) is 3.27. The smallest absolute Gasteiger partial charge is 0.0642 e. The standard InChI is InChI=1S/C23H33N3O.C2H6/c1-6-9-23(18(4)19(5)26-14-16-27-17-15-26)25-22(7-2)20-10-12-21(13-11-20)24-8-3;1-2/h6,8-13,22,24-25H,1,3,7,14-17H2,2,4-5H3;1-2H3/b19-18+,23-9+;. The Morgan fingerprint density at radius 1 is 1.14 bits per heavy atom. The van der Waals surface area contributed by atoms with E-state index in [0.29, 0.717) is 0 Å². The van der Waals surface area contributed by atoms with E-state index in [4.69, 9.17) is 4.74 Å². The van der Waals surface area contributed by atoms with Crippen LogP contribution in [0, 0.1) is 0 Å². The molecule has 4 nitrogen and oxygen atoms in total. The van der Waals surface area contributed by atoms with Crippen LogP contribution in [0.15, 0.2) is 72.7 Å². The van der Waals surface area contributed by atoms with Crippen LogP contribution in [0.2, 0.25) is 0 Å². The lowest BCUT2D eigenvalue weighted by molar-refractivity contribution is 0.0533. The Balaban J connectivity index is 0.00000204. The van der Waals surface area contributed by atoms with Crippen LogP contribution in [0.3, 0.4) is 0 Å². The quantitative estimate of drug-likeness (QED) is 0.501. The molecule has 0 amide bonds. The lowest BCUT2D eigenvalue weighted by Crippen LogP contribution is -2.36. The minimum atomic E-state index is 0.237. The van der Waals surface area contributed by atoms with Gasteiger partial charge in [-0.15, -0.1) is 0 Å². The lowest BCUT2D eigenvalue weighted by Gasteiger charge is -2.32. The van der Waals surface area contributed by atoms with E-state index in [1.165, 1.54) is 16.8 Å². The minimum absolute atomic E-state index is 0.237. The predicted molar refractivity (Wildman–Crippen MR) is 127 cm³/mol. The predicted octanol–water partition coefficient (Wildman–Crippen LogP) is 6.00. The molecule has 2 rings (SSSR count). The van der Waals surface area contributed by atoms with Crippen LogP contribution >= 0.6 is 0 Å². The third-order valence-electron chi connectivity index (χ3n) is 5.04. The van der Waals surface area contributed by atoms with Crippen LogP contribution in [0.25, 0.3) is 0 Å². The maximum Gasteiger partial charge on any atom is 0.0642 e. The highest BCUT2D eigenvalue weighted by Crippen LogP contribution is 2.24. The summed E-state index contributed by atoms with van der Waals surface area (Å²) in [5, 5.41) is 6.84. The summed E-state index contributed by atoms with van der Waals surface area (Å²) in [6.07, 6.45) is 6.60. The summed E-state index contributed by atoms with van der Waals surface area (Å²) in [6.45, 7) is 21.7. The molecular weight excluding hydrogens is 358 g/mol. The Morgan fingerprint density at radius 2 is 1.76 bits per heavy atom. The van der Waals surface area contributed by atoms with Crippen molar-refractivity contribution < 1.29 is 4.74 Å². The zero-order chi connectivity index (χ0) is 21.6. The van der Waals surface area contributed by atoms with Crippen molar-refractivity contribution in [1.82, 2.24) is 10.2 Å². The molecule has 0 aromatic heterocycles. The number of anilines is 1. The fraction of sp³-hybridized carbons (Fsp3) is 0.440. The molecule has 1 unspecified atom stereocenters. The molecule has 0 saturated carbocycles. The molecule has 29 heavy (non-hydrogen) atoms. The number of benzene rings is 1. The van der Waals surface area contributed by atoms with Crippen LogP contribution in [0.1, 0.15) is 52.6 Å². The Hall–Kier alpha value is -2.46. The van der Waals surface area contributed by atoms with E-state index < -0.39 is 0 Å². The highest BCUT2D eigenvalue weighted by atomic mass is 16.5. The van der Waals surface area contributed by atoms with Gasteiger partial charge in [0, 0.05) is 30.2 Å². The van der Waals surface area contributed by atoms with Gasteiger partial charge in [0.05, 0.1) is 19.3 Å². The first-order chi connectivity index (χ1) is 14.1. The highest BCUT2D eigenvalue weighted by Gasteiger charge is 2.16. The van der Waals surface area contributed by atoms with Gasteiger partial charge in [0.1, 0.15) is 0 Å². The van der Waals surface area contributed by atoms with E-state index in [1.54, 1.807) is 6.20 Å². The third-order valence-corrected chi connectivity index (χ3v) is 5.04. The number of rotatable bonds is 9. The van der Waals surface area contributed by atoms with Gasteiger partial charge in [-0.25, -0.2) is 0 Å². The summed E-state index contributed by atoms with van der Waals surface area (Å²) in [5.74, 6) is 0. The number of nitrogens with zero attached hydrogens (tertiary/aromatic N) is 1. The number of hydrogen-bond acceptors (Lipinski definition) is 4. The molecule has 1 aromatic rings. The number of allylic oxidation sites excluding steroid dienone is 4. The summed E-state index contributed by atoms with van der Waals surface area (Å²) in [5.41, 5.74) is 5.97. The van der Waals surface area contributed by atoms with E-state index in [2.05, 4.69) is 79.8 Å². The van der Waals surface area contributed by atoms with Gasteiger partial charge in [-0.1, -0.05) is 52.1 Å². The molecule has 160 valence electrons. The summed E-state index contributed by atoms with van der Waals surface area (Å²) in [7, 11) is 0. The lowest BCUT2D eigenvalue weighted by atomic mass is 10.0. The summed E-state index contributed by atoms with van der Waals surface area (Å²) >= 11 is 0. The van der Waals surface area contributed by atoms with Crippen LogP contribution in [0.5, 0.6) is 0 Å². The first-order valence-electron chi connectivity index (χ1n) is 10.7. The monoisotopic (exact) mass is 397 g/mol. The van der Waals surface area contributed by atoms with Gasteiger partial charge in [-0.2, -0.15) is 0 Å². The van der Waals surface area contributed by atoms with E-state index in [0.717, 1.165) is 44.1 Å². The Bertz CT molecular complexity index is 683. The third kappa shape index (κ3) is 7.47. The Labute approximate surface area is 178 Å². The molecule has 1 aliphatic rings. The van der Waals surface area contributed by atoms with Gasteiger partial charge in [0.15, 0.2) is 0 Å². The molecule has 0 aliphatic carbocycles. The molecule has 0 bridgehead atoms. The minimum Gasteiger partial charge on any atom is -0.378 e. The zero-order valence-electron chi connectivity index (χ0n) is 18.9. The second-order valence-electron chi connectivity index (χ2n) is 6.70. The first-order valence-corrected chi connectivity index (χ1v) is 10.7. The maximum atomic E-state index is 5.48. The summed E-state index contributed by atoms with van der Waals surface area (Å²) in [6, 6.07) is 8.72. The van der Waals surface area contributed by atoms with Gasteiger partial charge in [0.2, 0.25) is 0 Å². The number of nitrogens with one attached hydrogen (secondary N) is 2. The van der Waals surface area contributed by atoms with E-state index in [-0.39, 0.29) is 6.04 Å². The SMILES string of the molecule is C=C/C=C(NC(CC)c1ccc(NC=C)cc1)\C(C)=C(/C)N1CCOCC1.CC. The summed E-state index contributed by atoms with van der Waals surface area (Å²) in [4.78, 5) is 2.40. The van der Waals surface area contributed by atoms with Crippen molar-refractivity contribution in [3.8, 4) is 0 Å². The molecule has 1 heterocycles. The molecule has 2 N–H and O–H groups in total. The average molecular weight is 398 g/mol. The Kier molecular flexibility index (Phi) is 11.6. The number of morpholine rings is 1. The highest BCUT2D eigenvalue weighted by molar-refractivity contribution is 5.47. The topological polar surface area (TPSA) is 36.5 Å². The number of ether oxygens (including phenoxy) is 1. The zero-order valence-corrected chi connectivity index (χ0v) is 18.9. The van der Waals surface area contributed by atoms with E-state index in [9.17, 15) is 0 Å². The molecule has 1 saturated heterocycles. The molecule has 1 fully saturated rings. The fourth-order valence-electron chi connectivity index (χ4n) is 3.27. The van der Waals surface area contributed by atoms with Gasteiger partial charge >= 0.3 is 0 Å². The van der Waals surface area contributed by atoms with Crippen LogP contribution in [-0.2, 0) is 4.74 Å². The van der Waals surface area contributed by atoms with Gasteiger partial charge < -0.3 is 20.3 Å². The normalized spacial score (nSPS) is 16.0. The van der Waals surface area contributed by atoms with Gasteiger partial charge in [-0.3, -0.25) is 0 Å². The summed E-state index contributed by atoms with van der Waals surface area (Å²) < 4.78 is 5.48. The van der Waals surface area contributed by atoms with Crippen molar-refractivity contribution in [2.45, 2.75) is 47.1 Å². The largest absolute Gasteiger partial charge is 0.378 e. The van der Waals surface area contributed by atoms with Crippen molar-refractivity contribution in [3.63, 3.8) is 0 Å². The van der Waals surface area contributed by atoms with Crippen molar-refractivity contribution >= 4 is 5.69 Å². The van der Waals surface area contributed by atoms with Crippen LogP contribution in [-0.4, -0.2) is 31.2 Å². The molecule has 1 aromatic carbocycles. The van der Waals surface area contributed by atoms with Crippen molar-refractivity contribution in [2.24, 2.45) is 0 Å². The molecule has 4 heteroatoms. The van der Waals surface area contributed by atoms with Crippen molar-refractivity contribution in [3.05, 3.63) is 78.3 Å². The van der Waals surface area contributed by atoms with E-state index in [1.807, 2.05) is 19.9 Å². The van der Waals surface area contributed by atoms with E-state index >= 15 is 0 Å². The molecule has 1 aliphatic heterocycles. The second-order valence-corrected chi connectivity index (χ2v) is 6.70. The molecule has 0 spiro atoms. The molecule has 1 atom stereocenters. The maximum absolute atomic E-state index is 5.48. The van der Waals surface area contributed by atoms with Gasteiger partial charge in [0.25, 0.3) is 0 Å². The average Bonchev–Trinajstić information content (AvgIpc) is 2.78. The van der Waals surface area contributed by atoms with Crippen LogP contribution in [0.4, 0.5) is 5.69 Å². The first kappa shape index (κ1) is 24.6.